The Morgan fingerprint density at radius 3 is 2.76 bits per heavy atom. The van der Waals surface area contributed by atoms with Gasteiger partial charge in [0.25, 0.3) is 11.6 Å². The van der Waals surface area contributed by atoms with Gasteiger partial charge in [0.1, 0.15) is 10.6 Å². The van der Waals surface area contributed by atoms with Gasteiger partial charge in [-0.25, -0.2) is 4.79 Å². The van der Waals surface area contributed by atoms with Crippen LogP contribution in [0.15, 0.2) is 42.7 Å². The lowest BCUT2D eigenvalue weighted by atomic mass is 9.93. The molecular weight excluding hydrogens is 348 g/mol. The van der Waals surface area contributed by atoms with Crippen LogP contribution < -0.4 is 5.32 Å². The Hall–Kier alpha value is -3.00. The van der Waals surface area contributed by atoms with E-state index in [1.54, 1.807) is 25.3 Å². The van der Waals surface area contributed by atoms with Crippen LogP contribution in [0, 0.1) is 10.1 Å². The summed E-state index contributed by atoms with van der Waals surface area (Å²) in [5.41, 5.74) is -0.529. The van der Waals surface area contributed by atoms with E-state index in [-0.39, 0.29) is 17.3 Å². The number of nitrogens with one attached hydrogen (secondary N) is 1. The number of nitrogens with zero attached hydrogens (tertiary/aromatic N) is 3. The number of pyridine rings is 1. The van der Waals surface area contributed by atoms with Gasteiger partial charge in [0.05, 0.1) is 11.5 Å². The number of hydrogen-bond acceptors (Lipinski definition) is 5. The summed E-state index contributed by atoms with van der Waals surface area (Å²) in [5.74, 6) is -0.455. The summed E-state index contributed by atoms with van der Waals surface area (Å²) in [6.45, 7) is 1.49. The molecule has 128 valence electrons. The third-order valence-corrected chi connectivity index (χ3v) is 4.38. The smallest absolute Gasteiger partial charge is 0.319 e. The fourth-order valence-corrected chi connectivity index (χ4v) is 2.86. The van der Waals surface area contributed by atoms with Crippen LogP contribution in [-0.4, -0.2) is 26.7 Å². The van der Waals surface area contributed by atoms with E-state index in [0.29, 0.717) is 11.1 Å². The average Bonchev–Trinajstić information content (AvgIpc) is 2.81. The van der Waals surface area contributed by atoms with Crippen LogP contribution in [0.4, 0.5) is 10.5 Å². The third kappa shape index (κ3) is 2.91. The lowest BCUT2D eigenvalue weighted by Gasteiger charge is -2.21. The summed E-state index contributed by atoms with van der Waals surface area (Å²) in [5, 5.41) is 13.6. The van der Waals surface area contributed by atoms with Crippen molar-refractivity contribution >= 4 is 29.2 Å². The minimum Gasteiger partial charge on any atom is -0.319 e. The molecule has 3 amide bonds. The molecule has 2 aromatic rings. The van der Waals surface area contributed by atoms with Crippen LogP contribution >= 0.6 is 11.6 Å². The Bertz CT molecular complexity index is 874. The van der Waals surface area contributed by atoms with E-state index >= 15 is 0 Å². The number of carbonyl (C=O) groups is 2. The Morgan fingerprint density at radius 1 is 1.36 bits per heavy atom. The zero-order valence-corrected chi connectivity index (χ0v) is 13.9. The number of imide groups is 1. The second kappa shape index (κ2) is 6.14. The van der Waals surface area contributed by atoms with E-state index in [1.165, 1.54) is 24.4 Å². The first-order valence-corrected chi connectivity index (χ1v) is 7.68. The molecule has 0 spiro atoms. The molecule has 0 radical (unpaired) electrons. The van der Waals surface area contributed by atoms with Crippen molar-refractivity contribution in [1.29, 1.82) is 0 Å². The number of halogens is 1. The fraction of sp³-hybridized carbons (Fsp3) is 0.188. The van der Waals surface area contributed by atoms with Crippen LogP contribution in [0.3, 0.4) is 0 Å². The largest absolute Gasteiger partial charge is 0.325 e. The van der Waals surface area contributed by atoms with Crippen molar-refractivity contribution < 1.29 is 14.5 Å². The summed E-state index contributed by atoms with van der Waals surface area (Å²) in [6, 6.07) is 6.95. The standard InChI is InChI=1S/C16H13ClN4O4/c1-16(11-3-2-6-18-8-11)14(22)20(15(23)19-16)9-10-4-5-12(17)13(7-10)21(24)25/h2-8H,9H2,1H3,(H,19,23)/t16-/m1/s1. The van der Waals surface area contributed by atoms with Gasteiger partial charge in [-0.15, -0.1) is 0 Å². The first kappa shape index (κ1) is 16.8. The number of benzene rings is 1. The first-order chi connectivity index (χ1) is 11.8. The molecule has 1 aromatic heterocycles. The average molecular weight is 361 g/mol. The number of nitro groups is 1. The SMILES string of the molecule is C[C@]1(c2cccnc2)NC(=O)N(Cc2ccc(Cl)c([N+](=O)[O-])c2)C1=O. The van der Waals surface area contributed by atoms with E-state index in [1.807, 2.05) is 0 Å². The fourth-order valence-electron chi connectivity index (χ4n) is 2.67. The zero-order chi connectivity index (χ0) is 18.2. The van der Waals surface area contributed by atoms with E-state index in [0.717, 1.165) is 4.90 Å². The minimum absolute atomic E-state index is 0.00820. The van der Waals surface area contributed by atoms with Gasteiger partial charge >= 0.3 is 6.03 Å². The predicted octanol–water partition coefficient (Wildman–Crippen LogP) is 2.61. The molecule has 1 saturated heterocycles. The number of urea groups is 1. The zero-order valence-electron chi connectivity index (χ0n) is 13.1. The molecule has 1 aliphatic rings. The van der Waals surface area contributed by atoms with Gasteiger partial charge in [-0.3, -0.25) is 24.8 Å². The third-order valence-electron chi connectivity index (χ3n) is 4.06. The highest BCUT2D eigenvalue weighted by atomic mass is 35.5. The van der Waals surface area contributed by atoms with E-state index in [2.05, 4.69) is 10.3 Å². The Labute approximate surface area is 147 Å². The maximum atomic E-state index is 12.8. The lowest BCUT2D eigenvalue weighted by molar-refractivity contribution is -0.384. The molecule has 0 aliphatic carbocycles. The number of amides is 3. The minimum atomic E-state index is -1.23. The Balaban J connectivity index is 1.89. The Kier molecular flexibility index (Phi) is 4.13. The highest BCUT2D eigenvalue weighted by Crippen LogP contribution is 2.31. The number of aromatic nitrogens is 1. The molecule has 2 heterocycles. The van der Waals surface area contributed by atoms with Crippen molar-refractivity contribution in [1.82, 2.24) is 15.2 Å². The Morgan fingerprint density at radius 2 is 2.12 bits per heavy atom. The summed E-state index contributed by atoms with van der Waals surface area (Å²) in [6.07, 6.45) is 3.08. The monoisotopic (exact) mass is 360 g/mol. The second-order valence-corrected chi connectivity index (χ2v) is 6.14. The van der Waals surface area contributed by atoms with Gasteiger partial charge in [-0.2, -0.15) is 0 Å². The maximum absolute atomic E-state index is 12.8. The van der Waals surface area contributed by atoms with Crippen LogP contribution in [0.5, 0.6) is 0 Å². The van der Waals surface area contributed by atoms with Crippen LogP contribution in [0.2, 0.25) is 5.02 Å². The molecule has 9 heteroatoms. The summed E-state index contributed by atoms with van der Waals surface area (Å²) in [4.78, 5) is 40.4. The van der Waals surface area contributed by atoms with Crippen molar-refractivity contribution in [3.63, 3.8) is 0 Å². The van der Waals surface area contributed by atoms with Crippen LogP contribution in [0.1, 0.15) is 18.1 Å². The number of rotatable bonds is 4. The first-order valence-electron chi connectivity index (χ1n) is 7.30. The highest BCUT2D eigenvalue weighted by molar-refractivity contribution is 6.32. The second-order valence-electron chi connectivity index (χ2n) is 5.73. The number of nitro benzene ring substituents is 1. The molecule has 0 saturated carbocycles. The van der Waals surface area contributed by atoms with Crippen molar-refractivity contribution in [3.05, 3.63) is 69.0 Å². The van der Waals surface area contributed by atoms with Crippen LogP contribution in [0.25, 0.3) is 0 Å². The normalized spacial score (nSPS) is 19.8. The van der Waals surface area contributed by atoms with Crippen molar-refractivity contribution in [2.75, 3.05) is 0 Å². The van der Waals surface area contributed by atoms with Gasteiger partial charge in [0.2, 0.25) is 0 Å². The summed E-state index contributed by atoms with van der Waals surface area (Å²) in [7, 11) is 0. The molecule has 1 aromatic carbocycles. The molecular formula is C16H13ClN4O4. The molecule has 1 aliphatic heterocycles. The van der Waals surface area contributed by atoms with E-state index in [9.17, 15) is 19.7 Å². The lowest BCUT2D eigenvalue weighted by Crippen LogP contribution is -2.40. The quantitative estimate of drug-likeness (QED) is 0.512. The molecule has 1 fully saturated rings. The summed E-state index contributed by atoms with van der Waals surface area (Å²) >= 11 is 5.78. The van der Waals surface area contributed by atoms with E-state index < -0.39 is 22.4 Å². The molecule has 1 N–H and O–H groups in total. The molecule has 0 unspecified atom stereocenters. The predicted molar refractivity (Wildman–Crippen MR) is 88.8 cm³/mol. The molecule has 3 rings (SSSR count). The van der Waals surface area contributed by atoms with Crippen LogP contribution in [-0.2, 0) is 16.9 Å². The van der Waals surface area contributed by atoms with Crippen molar-refractivity contribution in [2.24, 2.45) is 0 Å². The van der Waals surface area contributed by atoms with Gasteiger partial charge in [0.15, 0.2) is 0 Å². The molecule has 25 heavy (non-hydrogen) atoms. The summed E-state index contributed by atoms with van der Waals surface area (Å²) < 4.78 is 0. The number of carbonyl (C=O) groups excluding carboxylic acids is 2. The topological polar surface area (TPSA) is 105 Å². The van der Waals surface area contributed by atoms with Crippen molar-refractivity contribution in [3.8, 4) is 0 Å². The van der Waals surface area contributed by atoms with E-state index in [4.69, 9.17) is 11.6 Å². The van der Waals surface area contributed by atoms with Gasteiger partial charge in [0, 0.05) is 24.0 Å². The maximum Gasteiger partial charge on any atom is 0.325 e. The molecule has 1 atom stereocenters. The number of hydrogen-bond donors (Lipinski definition) is 1. The molecule has 8 nitrogen and oxygen atoms in total. The van der Waals surface area contributed by atoms with Gasteiger partial charge in [-0.1, -0.05) is 23.7 Å². The molecule has 0 bridgehead atoms. The van der Waals surface area contributed by atoms with Crippen molar-refractivity contribution in [2.45, 2.75) is 19.0 Å². The van der Waals surface area contributed by atoms with Gasteiger partial charge < -0.3 is 5.32 Å². The van der Waals surface area contributed by atoms with Gasteiger partial charge in [-0.05, 0) is 24.6 Å². The highest BCUT2D eigenvalue weighted by Gasteiger charge is 2.49.